The van der Waals surface area contributed by atoms with Crippen molar-refractivity contribution in [1.29, 1.82) is 0 Å². The van der Waals surface area contributed by atoms with Crippen LogP contribution in [0.15, 0.2) is 66.7 Å². The summed E-state index contributed by atoms with van der Waals surface area (Å²) in [5.41, 5.74) is 3.35. The van der Waals surface area contributed by atoms with Gasteiger partial charge >= 0.3 is 6.03 Å². The molecule has 1 heterocycles. The van der Waals surface area contributed by atoms with Crippen LogP contribution in [0, 0.1) is 0 Å². The van der Waals surface area contributed by atoms with Crippen LogP contribution in [0.5, 0.6) is 0 Å². The molecule has 27 heavy (non-hydrogen) atoms. The van der Waals surface area contributed by atoms with Gasteiger partial charge in [0.1, 0.15) is 0 Å². The number of rotatable bonds is 3. The molecule has 1 unspecified atom stereocenters. The number of para-hydroxylation sites is 1. The predicted octanol–water partition coefficient (Wildman–Crippen LogP) is 5.41. The summed E-state index contributed by atoms with van der Waals surface area (Å²) in [7, 11) is 0. The summed E-state index contributed by atoms with van der Waals surface area (Å²) in [6.45, 7) is 4.60. The molecule has 4 rings (SSSR count). The quantitative estimate of drug-likeness (QED) is 0.584. The van der Waals surface area contributed by atoms with Crippen molar-refractivity contribution in [1.82, 2.24) is 5.32 Å². The smallest absolute Gasteiger partial charge is 0.319 e. The highest BCUT2D eigenvalue weighted by atomic mass is 16.2. The van der Waals surface area contributed by atoms with E-state index in [0.29, 0.717) is 6.54 Å². The van der Waals surface area contributed by atoms with E-state index >= 15 is 0 Å². The highest BCUT2D eigenvalue weighted by Crippen LogP contribution is 2.24. The van der Waals surface area contributed by atoms with Gasteiger partial charge in [0.05, 0.1) is 5.69 Å². The highest BCUT2D eigenvalue weighted by Gasteiger charge is 2.17. The van der Waals surface area contributed by atoms with Crippen molar-refractivity contribution < 1.29 is 4.79 Å². The minimum absolute atomic E-state index is 0.169. The van der Waals surface area contributed by atoms with Crippen molar-refractivity contribution in [3.8, 4) is 0 Å². The monoisotopic (exact) mass is 361 g/mol. The van der Waals surface area contributed by atoms with E-state index in [1.165, 1.54) is 11.3 Å². The Labute approximate surface area is 161 Å². The van der Waals surface area contributed by atoms with Gasteiger partial charge in [0.2, 0.25) is 0 Å². The van der Waals surface area contributed by atoms with Crippen LogP contribution in [-0.2, 0) is 6.42 Å². The van der Waals surface area contributed by atoms with Gasteiger partial charge in [0.25, 0.3) is 0 Å². The van der Waals surface area contributed by atoms with Crippen molar-refractivity contribution in [2.24, 2.45) is 0 Å². The third-order valence-corrected chi connectivity index (χ3v) is 4.69. The van der Waals surface area contributed by atoms with Gasteiger partial charge in [-0.15, -0.1) is 0 Å². The lowest BCUT2D eigenvalue weighted by Crippen LogP contribution is -2.40. The van der Waals surface area contributed by atoms with Gasteiger partial charge < -0.3 is 16.0 Å². The topological polar surface area (TPSA) is 53.2 Å². The van der Waals surface area contributed by atoms with Crippen LogP contribution < -0.4 is 16.0 Å². The predicted molar refractivity (Wildman–Crippen MR) is 114 cm³/mol. The van der Waals surface area contributed by atoms with Crippen molar-refractivity contribution >= 4 is 28.2 Å². The number of anilines is 2. The van der Waals surface area contributed by atoms with E-state index in [1.54, 1.807) is 0 Å². The van der Waals surface area contributed by atoms with Gasteiger partial charge in [-0.25, -0.2) is 4.79 Å². The van der Waals surface area contributed by atoms with Crippen LogP contribution in [0.25, 0.3) is 10.8 Å². The van der Waals surface area contributed by atoms with Gasteiger partial charge in [0, 0.05) is 23.7 Å². The summed E-state index contributed by atoms with van der Waals surface area (Å²) in [5, 5.41) is 11.6. The lowest BCUT2D eigenvalue weighted by atomic mass is 9.98. The Morgan fingerprint density at radius 2 is 1.74 bits per heavy atom. The Hall–Kier alpha value is -3.01. The molecule has 3 aromatic rings. The van der Waals surface area contributed by atoms with E-state index in [1.807, 2.05) is 62.4 Å². The SMILES string of the molecule is CC.O=C(NCC1CCc2ccccc2N1)Nc1cccc2ccccc12. The molecule has 0 aromatic heterocycles. The molecule has 1 aliphatic heterocycles. The molecule has 4 heteroatoms. The zero-order valence-electron chi connectivity index (χ0n) is 16.0. The fourth-order valence-electron chi connectivity index (χ4n) is 3.37. The summed E-state index contributed by atoms with van der Waals surface area (Å²) >= 11 is 0. The lowest BCUT2D eigenvalue weighted by molar-refractivity contribution is 0.251. The van der Waals surface area contributed by atoms with Gasteiger partial charge in [-0.1, -0.05) is 68.4 Å². The molecule has 0 aliphatic carbocycles. The zero-order valence-corrected chi connectivity index (χ0v) is 16.0. The normalized spacial score (nSPS) is 15.0. The Kier molecular flexibility index (Phi) is 6.31. The molecule has 2 amide bonds. The first kappa shape index (κ1) is 18.8. The number of benzene rings is 3. The van der Waals surface area contributed by atoms with Crippen LogP contribution in [-0.4, -0.2) is 18.6 Å². The second-order valence-electron chi connectivity index (χ2n) is 6.40. The van der Waals surface area contributed by atoms with Crippen molar-refractivity contribution in [2.45, 2.75) is 32.7 Å². The Morgan fingerprint density at radius 1 is 1.00 bits per heavy atom. The van der Waals surface area contributed by atoms with E-state index in [4.69, 9.17) is 0 Å². The van der Waals surface area contributed by atoms with Crippen LogP contribution in [0.4, 0.5) is 16.2 Å². The molecule has 1 atom stereocenters. The summed E-state index contributed by atoms with van der Waals surface area (Å²) < 4.78 is 0. The van der Waals surface area contributed by atoms with E-state index in [-0.39, 0.29) is 12.1 Å². The van der Waals surface area contributed by atoms with E-state index in [9.17, 15) is 4.79 Å². The Bertz CT molecular complexity index is 902. The molecular weight excluding hydrogens is 334 g/mol. The summed E-state index contributed by atoms with van der Waals surface area (Å²) in [6.07, 6.45) is 2.06. The lowest BCUT2D eigenvalue weighted by Gasteiger charge is -2.27. The first-order chi connectivity index (χ1) is 13.3. The number of carbonyl (C=O) groups is 1. The molecule has 0 spiro atoms. The second kappa shape index (κ2) is 9.08. The summed E-state index contributed by atoms with van der Waals surface area (Å²) in [5.74, 6) is 0. The molecule has 1 aliphatic rings. The van der Waals surface area contributed by atoms with Crippen LogP contribution in [0.1, 0.15) is 25.8 Å². The zero-order chi connectivity index (χ0) is 19.1. The minimum atomic E-state index is -0.169. The van der Waals surface area contributed by atoms with Gasteiger partial charge in [-0.3, -0.25) is 0 Å². The number of hydrogen-bond donors (Lipinski definition) is 3. The maximum atomic E-state index is 12.3. The van der Waals surface area contributed by atoms with Crippen LogP contribution in [0.3, 0.4) is 0 Å². The van der Waals surface area contributed by atoms with Crippen molar-refractivity contribution in [3.05, 3.63) is 72.3 Å². The average Bonchev–Trinajstić information content (AvgIpc) is 2.74. The number of nitrogens with one attached hydrogen (secondary N) is 3. The number of carbonyl (C=O) groups excluding carboxylic acids is 1. The molecule has 0 saturated carbocycles. The van der Waals surface area contributed by atoms with E-state index < -0.39 is 0 Å². The third kappa shape index (κ3) is 4.59. The first-order valence-electron chi connectivity index (χ1n) is 9.67. The minimum Gasteiger partial charge on any atom is -0.380 e. The molecule has 3 aromatic carbocycles. The number of aryl methyl sites for hydroxylation is 1. The number of hydrogen-bond acceptors (Lipinski definition) is 2. The molecule has 0 radical (unpaired) electrons. The number of amides is 2. The van der Waals surface area contributed by atoms with Crippen molar-refractivity contribution in [2.75, 3.05) is 17.2 Å². The molecule has 140 valence electrons. The van der Waals surface area contributed by atoms with Crippen LogP contribution in [0.2, 0.25) is 0 Å². The highest BCUT2D eigenvalue weighted by molar-refractivity contribution is 6.01. The summed E-state index contributed by atoms with van der Waals surface area (Å²) in [6, 6.07) is 22.4. The maximum absolute atomic E-state index is 12.3. The fourth-order valence-corrected chi connectivity index (χ4v) is 3.37. The van der Waals surface area contributed by atoms with E-state index in [0.717, 1.165) is 29.3 Å². The first-order valence-corrected chi connectivity index (χ1v) is 9.67. The molecular formula is C23H27N3O. The van der Waals surface area contributed by atoms with Crippen molar-refractivity contribution in [3.63, 3.8) is 0 Å². The molecule has 0 bridgehead atoms. The maximum Gasteiger partial charge on any atom is 0.319 e. The average molecular weight is 361 g/mol. The van der Waals surface area contributed by atoms with Gasteiger partial charge in [-0.05, 0) is 35.9 Å². The third-order valence-electron chi connectivity index (χ3n) is 4.69. The molecule has 0 saturated heterocycles. The largest absolute Gasteiger partial charge is 0.380 e. The number of urea groups is 1. The molecule has 3 N–H and O–H groups in total. The van der Waals surface area contributed by atoms with Crippen LogP contribution >= 0.6 is 0 Å². The standard InChI is InChI=1S/C21H21N3O.C2H6/c25-21(24-20-11-5-8-15-6-1-3-9-18(15)20)22-14-17-13-12-16-7-2-4-10-19(16)23-17;1-2/h1-11,17,23H,12-14H2,(H2,22,24,25);1-2H3. The van der Waals surface area contributed by atoms with E-state index in [2.05, 4.69) is 34.1 Å². The molecule has 4 nitrogen and oxygen atoms in total. The fraction of sp³-hybridized carbons (Fsp3) is 0.261. The molecule has 0 fully saturated rings. The Morgan fingerprint density at radius 3 is 2.63 bits per heavy atom. The second-order valence-corrected chi connectivity index (χ2v) is 6.40. The number of fused-ring (bicyclic) bond motifs is 2. The Balaban J connectivity index is 0.00000102. The summed E-state index contributed by atoms with van der Waals surface area (Å²) in [4.78, 5) is 12.3. The van der Waals surface area contributed by atoms with Gasteiger partial charge in [0.15, 0.2) is 0 Å². The van der Waals surface area contributed by atoms with Gasteiger partial charge in [-0.2, -0.15) is 0 Å².